The van der Waals surface area contributed by atoms with Crippen molar-refractivity contribution in [2.45, 2.75) is 13.3 Å². The van der Waals surface area contributed by atoms with E-state index in [4.69, 9.17) is 10.7 Å². The van der Waals surface area contributed by atoms with Crippen LogP contribution in [0, 0.1) is 23.0 Å². The van der Waals surface area contributed by atoms with Crippen LogP contribution in [-0.4, -0.2) is 31.5 Å². The lowest BCUT2D eigenvalue weighted by atomic mass is 10.1. The summed E-state index contributed by atoms with van der Waals surface area (Å²) in [6.45, 7) is 1.87. The molecule has 0 aromatic heterocycles. The molecular formula is C12H12BrClN2O5S. The number of anilines is 1. The van der Waals surface area contributed by atoms with Crippen LogP contribution in [0.15, 0.2) is 16.6 Å². The van der Waals surface area contributed by atoms with Crippen molar-refractivity contribution in [1.29, 1.82) is 0 Å². The van der Waals surface area contributed by atoms with Crippen LogP contribution >= 0.6 is 26.6 Å². The molecule has 1 atom stereocenters. The summed E-state index contributed by atoms with van der Waals surface area (Å²) in [5.41, 5.74) is 0.994. The zero-order chi connectivity index (χ0) is 16.7. The fourth-order valence-corrected chi connectivity index (χ4v) is 4.64. The van der Waals surface area contributed by atoms with Gasteiger partial charge in [0, 0.05) is 46.2 Å². The van der Waals surface area contributed by atoms with E-state index in [2.05, 4.69) is 15.9 Å². The SMILES string of the molecule is Cc1cc([N+](=O)[O-])cc(Br)c1N1CC(CS(=O)(=O)Cl)CC1=O. The molecule has 120 valence electrons. The maximum atomic E-state index is 12.1. The lowest BCUT2D eigenvalue weighted by Gasteiger charge is -2.20. The van der Waals surface area contributed by atoms with Crippen molar-refractivity contribution in [1.82, 2.24) is 0 Å². The number of carbonyl (C=O) groups is 1. The zero-order valence-electron chi connectivity index (χ0n) is 11.5. The Kier molecular flexibility index (Phi) is 4.78. The van der Waals surface area contributed by atoms with E-state index in [0.29, 0.717) is 15.7 Å². The molecule has 0 N–H and O–H groups in total. The van der Waals surface area contributed by atoms with Gasteiger partial charge in [-0.05, 0) is 28.4 Å². The number of carbonyl (C=O) groups excluding carboxylic acids is 1. The van der Waals surface area contributed by atoms with Gasteiger partial charge in [0.25, 0.3) is 5.69 Å². The van der Waals surface area contributed by atoms with Crippen LogP contribution in [0.5, 0.6) is 0 Å². The summed E-state index contributed by atoms with van der Waals surface area (Å²) < 4.78 is 22.7. The van der Waals surface area contributed by atoms with Gasteiger partial charge < -0.3 is 4.90 Å². The van der Waals surface area contributed by atoms with Gasteiger partial charge in [-0.15, -0.1) is 0 Å². The van der Waals surface area contributed by atoms with E-state index < -0.39 is 19.9 Å². The maximum absolute atomic E-state index is 12.1. The van der Waals surface area contributed by atoms with Crippen LogP contribution in [0.25, 0.3) is 0 Å². The average molecular weight is 412 g/mol. The summed E-state index contributed by atoms with van der Waals surface area (Å²) in [4.78, 5) is 23.9. The van der Waals surface area contributed by atoms with Gasteiger partial charge in [-0.3, -0.25) is 14.9 Å². The molecule has 1 aromatic carbocycles. The summed E-state index contributed by atoms with van der Waals surface area (Å²) >= 11 is 3.24. The number of aryl methyl sites for hydroxylation is 1. The molecule has 0 radical (unpaired) electrons. The number of nitro benzene ring substituents is 1. The maximum Gasteiger partial charge on any atom is 0.270 e. The molecule has 0 bridgehead atoms. The van der Waals surface area contributed by atoms with Crippen molar-refractivity contribution in [3.63, 3.8) is 0 Å². The summed E-state index contributed by atoms with van der Waals surface area (Å²) in [6, 6.07) is 2.69. The lowest BCUT2D eigenvalue weighted by molar-refractivity contribution is -0.385. The van der Waals surface area contributed by atoms with Crippen molar-refractivity contribution in [3.05, 3.63) is 32.3 Å². The highest BCUT2D eigenvalue weighted by Gasteiger charge is 2.35. The summed E-state index contributed by atoms with van der Waals surface area (Å²) in [5, 5.41) is 10.8. The monoisotopic (exact) mass is 410 g/mol. The van der Waals surface area contributed by atoms with E-state index in [9.17, 15) is 23.3 Å². The minimum atomic E-state index is -3.68. The third kappa shape index (κ3) is 3.76. The van der Waals surface area contributed by atoms with Gasteiger partial charge in [0.2, 0.25) is 15.0 Å². The predicted octanol–water partition coefficient (Wildman–Crippen LogP) is 2.59. The molecule has 0 aliphatic carbocycles. The minimum absolute atomic E-state index is 0.0782. The first-order valence-corrected chi connectivity index (χ1v) is 9.53. The van der Waals surface area contributed by atoms with Gasteiger partial charge in [0.1, 0.15) is 0 Å². The predicted molar refractivity (Wildman–Crippen MR) is 85.6 cm³/mol. The lowest BCUT2D eigenvalue weighted by Crippen LogP contribution is -2.26. The van der Waals surface area contributed by atoms with Crippen molar-refractivity contribution in [2.75, 3.05) is 17.2 Å². The van der Waals surface area contributed by atoms with Gasteiger partial charge in [-0.2, -0.15) is 0 Å². The second kappa shape index (κ2) is 6.13. The molecule has 1 unspecified atom stereocenters. The van der Waals surface area contributed by atoms with E-state index in [1.807, 2.05) is 0 Å². The van der Waals surface area contributed by atoms with Crippen LogP contribution in [0.4, 0.5) is 11.4 Å². The standard InChI is InChI=1S/C12H12BrClN2O5S/c1-7-2-9(16(18)19)4-10(13)12(7)15-5-8(3-11(15)17)6-22(14,20)21/h2,4,8H,3,5-6H2,1H3. The van der Waals surface area contributed by atoms with E-state index in [-0.39, 0.29) is 30.3 Å². The van der Waals surface area contributed by atoms with E-state index in [0.717, 1.165) is 0 Å². The Balaban J connectivity index is 2.33. The number of benzene rings is 1. The first-order chi connectivity index (χ1) is 10.1. The van der Waals surface area contributed by atoms with E-state index in [1.165, 1.54) is 17.0 Å². The second-order valence-corrected chi connectivity index (χ2v) is 8.81. The summed E-state index contributed by atoms with van der Waals surface area (Å²) in [6.07, 6.45) is 0.0782. The van der Waals surface area contributed by atoms with Crippen molar-refractivity contribution < 1.29 is 18.1 Å². The highest BCUT2D eigenvalue weighted by atomic mass is 79.9. The van der Waals surface area contributed by atoms with Gasteiger partial charge in [0.05, 0.1) is 16.4 Å². The Labute approximate surface area is 139 Å². The Morgan fingerprint density at radius 2 is 2.14 bits per heavy atom. The van der Waals surface area contributed by atoms with Gasteiger partial charge in [-0.1, -0.05) is 0 Å². The van der Waals surface area contributed by atoms with Crippen LogP contribution in [0.1, 0.15) is 12.0 Å². The molecule has 7 nitrogen and oxygen atoms in total. The fourth-order valence-electron chi connectivity index (χ4n) is 2.56. The molecule has 2 rings (SSSR count). The normalized spacial score (nSPS) is 18.8. The quantitative estimate of drug-likeness (QED) is 0.431. The molecule has 1 heterocycles. The summed E-state index contributed by atoms with van der Waals surface area (Å²) in [5.74, 6) is -0.903. The molecule has 0 spiro atoms. The van der Waals surface area contributed by atoms with Crippen molar-refractivity contribution in [3.8, 4) is 0 Å². The third-order valence-electron chi connectivity index (χ3n) is 3.36. The third-order valence-corrected chi connectivity index (χ3v) is 5.21. The van der Waals surface area contributed by atoms with E-state index in [1.54, 1.807) is 6.92 Å². The van der Waals surface area contributed by atoms with Crippen molar-refractivity contribution >= 4 is 52.9 Å². The second-order valence-electron chi connectivity index (χ2n) is 5.13. The van der Waals surface area contributed by atoms with Gasteiger partial charge in [0.15, 0.2) is 0 Å². The van der Waals surface area contributed by atoms with Gasteiger partial charge >= 0.3 is 0 Å². The first kappa shape index (κ1) is 17.2. The Hall–Kier alpha value is -1.19. The van der Waals surface area contributed by atoms with Crippen molar-refractivity contribution in [2.24, 2.45) is 5.92 Å². The molecule has 10 heteroatoms. The van der Waals surface area contributed by atoms with Crippen LogP contribution in [0.2, 0.25) is 0 Å². The molecule has 1 aliphatic heterocycles. The highest BCUT2D eigenvalue weighted by Crippen LogP contribution is 2.37. The first-order valence-electron chi connectivity index (χ1n) is 6.25. The number of halogens is 2. The number of nitro groups is 1. The largest absolute Gasteiger partial charge is 0.311 e. The molecule has 22 heavy (non-hydrogen) atoms. The molecule has 1 fully saturated rings. The zero-order valence-corrected chi connectivity index (χ0v) is 14.6. The smallest absolute Gasteiger partial charge is 0.270 e. The minimum Gasteiger partial charge on any atom is -0.311 e. The number of amides is 1. The van der Waals surface area contributed by atoms with Gasteiger partial charge in [-0.25, -0.2) is 8.42 Å². The fraction of sp³-hybridized carbons (Fsp3) is 0.417. The highest BCUT2D eigenvalue weighted by molar-refractivity contribution is 9.10. The van der Waals surface area contributed by atoms with Crippen LogP contribution < -0.4 is 4.90 Å². The number of hydrogen-bond acceptors (Lipinski definition) is 5. The van der Waals surface area contributed by atoms with E-state index >= 15 is 0 Å². The molecule has 1 amide bonds. The number of hydrogen-bond donors (Lipinski definition) is 0. The molecule has 1 saturated heterocycles. The molecule has 1 aromatic rings. The molecule has 0 saturated carbocycles. The number of non-ortho nitro benzene ring substituents is 1. The number of nitrogens with zero attached hydrogens (tertiary/aromatic N) is 2. The molecular weight excluding hydrogens is 400 g/mol. The van der Waals surface area contributed by atoms with Crippen LogP contribution in [-0.2, 0) is 13.8 Å². The summed E-state index contributed by atoms with van der Waals surface area (Å²) in [7, 11) is 1.55. The Morgan fingerprint density at radius 1 is 1.50 bits per heavy atom. The Bertz CT molecular complexity index is 729. The molecule has 1 aliphatic rings. The topological polar surface area (TPSA) is 97.6 Å². The average Bonchev–Trinajstić information content (AvgIpc) is 2.66. The number of rotatable bonds is 4. The van der Waals surface area contributed by atoms with Crippen LogP contribution in [0.3, 0.4) is 0 Å². The Morgan fingerprint density at radius 3 is 2.64 bits per heavy atom.